The van der Waals surface area contributed by atoms with Crippen molar-refractivity contribution in [3.05, 3.63) is 47.5 Å². The molecule has 0 spiro atoms. The summed E-state index contributed by atoms with van der Waals surface area (Å²) in [7, 11) is 0. The minimum absolute atomic E-state index is 0. The number of rotatable bonds is 0. The number of H-pyrrole nitrogens is 1. The van der Waals surface area contributed by atoms with Gasteiger partial charge in [0.05, 0.1) is 0 Å². The molecule has 0 aliphatic heterocycles. The Hall–Kier alpha value is -1.76. The van der Waals surface area contributed by atoms with Gasteiger partial charge in [0.25, 0.3) is 0 Å². The van der Waals surface area contributed by atoms with Crippen molar-refractivity contribution in [3.8, 4) is 0 Å². The standard InChI is InChI=1S/C14H13N.H2/c1-9-7-8-12-11-5-3-4-6-13(11)15-14(12)10(9)2;/h3-8,15H,1-2H3;1H. The third-order valence-electron chi connectivity index (χ3n) is 3.21. The van der Waals surface area contributed by atoms with Crippen molar-refractivity contribution in [3.63, 3.8) is 0 Å². The summed E-state index contributed by atoms with van der Waals surface area (Å²) in [6, 6.07) is 12.9. The number of aromatic amines is 1. The first-order valence-corrected chi connectivity index (χ1v) is 5.24. The van der Waals surface area contributed by atoms with Crippen molar-refractivity contribution in [1.82, 2.24) is 4.98 Å². The molecule has 0 atom stereocenters. The van der Waals surface area contributed by atoms with Gasteiger partial charge in [-0.3, -0.25) is 0 Å². The lowest BCUT2D eigenvalue weighted by Crippen LogP contribution is -1.81. The summed E-state index contributed by atoms with van der Waals surface area (Å²) in [6.07, 6.45) is 0. The largest absolute Gasteiger partial charge is 0.354 e. The summed E-state index contributed by atoms with van der Waals surface area (Å²) in [5.41, 5.74) is 5.19. The van der Waals surface area contributed by atoms with Crippen LogP contribution in [-0.2, 0) is 0 Å². The molecule has 0 fully saturated rings. The smallest absolute Gasteiger partial charge is 0.0497 e. The molecule has 1 heterocycles. The van der Waals surface area contributed by atoms with Crippen LogP contribution in [0.4, 0.5) is 0 Å². The SMILES string of the molecule is Cc1ccc2c([nH]c3ccccc32)c1C.[HH]. The average molecular weight is 197 g/mol. The lowest BCUT2D eigenvalue weighted by atomic mass is 10.1. The second kappa shape index (κ2) is 2.86. The highest BCUT2D eigenvalue weighted by molar-refractivity contribution is 6.08. The Labute approximate surface area is 90.2 Å². The minimum Gasteiger partial charge on any atom is -0.354 e. The number of benzene rings is 2. The molecule has 1 nitrogen and oxygen atoms in total. The highest BCUT2D eigenvalue weighted by atomic mass is 14.7. The Morgan fingerprint density at radius 1 is 0.933 bits per heavy atom. The van der Waals surface area contributed by atoms with Crippen LogP contribution in [0.25, 0.3) is 21.8 Å². The molecule has 1 N–H and O–H groups in total. The zero-order chi connectivity index (χ0) is 10.4. The van der Waals surface area contributed by atoms with E-state index in [-0.39, 0.29) is 1.43 Å². The van der Waals surface area contributed by atoms with E-state index >= 15 is 0 Å². The Morgan fingerprint density at radius 3 is 2.60 bits per heavy atom. The van der Waals surface area contributed by atoms with E-state index in [0.29, 0.717) is 0 Å². The molecular formula is C14H15N. The number of hydrogen-bond donors (Lipinski definition) is 1. The van der Waals surface area contributed by atoms with Gasteiger partial charge in [-0.15, -0.1) is 0 Å². The van der Waals surface area contributed by atoms with Crippen molar-refractivity contribution in [1.29, 1.82) is 0 Å². The summed E-state index contributed by atoms with van der Waals surface area (Å²) < 4.78 is 0. The number of aromatic nitrogens is 1. The van der Waals surface area contributed by atoms with Crippen molar-refractivity contribution in [2.24, 2.45) is 0 Å². The first-order valence-electron chi connectivity index (χ1n) is 5.24. The molecule has 15 heavy (non-hydrogen) atoms. The molecule has 2 aromatic carbocycles. The third kappa shape index (κ3) is 1.09. The van der Waals surface area contributed by atoms with Crippen LogP contribution in [-0.4, -0.2) is 4.98 Å². The first kappa shape index (κ1) is 8.54. The molecule has 0 amide bonds. The molecule has 1 aromatic heterocycles. The fourth-order valence-corrected chi connectivity index (χ4v) is 2.16. The molecule has 0 bridgehead atoms. The molecule has 0 saturated carbocycles. The number of nitrogens with one attached hydrogen (secondary N) is 1. The maximum absolute atomic E-state index is 3.49. The second-order valence-corrected chi connectivity index (χ2v) is 4.10. The summed E-state index contributed by atoms with van der Waals surface area (Å²) in [5, 5.41) is 2.64. The van der Waals surface area contributed by atoms with Crippen LogP contribution in [0.2, 0.25) is 0 Å². The van der Waals surface area contributed by atoms with E-state index in [1.165, 1.54) is 32.9 Å². The lowest BCUT2D eigenvalue weighted by molar-refractivity contribution is 1.35. The zero-order valence-electron chi connectivity index (χ0n) is 8.96. The zero-order valence-corrected chi connectivity index (χ0v) is 8.96. The van der Waals surface area contributed by atoms with E-state index in [4.69, 9.17) is 0 Å². The van der Waals surface area contributed by atoms with Gasteiger partial charge < -0.3 is 4.98 Å². The van der Waals surface area contributed by atoms with E-state index in [2.05, 4.69) is 55.2 Å². The van der Waals surface area contributed by atoms with Crippen LogP contribution in [0, 0.1) is 13.8 Å². The monoisotopic (exact) mass is 197 g/mol. The van der Waals surface area contributed by atoms with Gasteiger partial charge in [0.2, 0.25) is 0 Å². The Balaban J connectivity index is 0.000000963. The van der Waals surface area contributed by atoms with Gasteiger partial charge in [-0.05, 0) is 31.0 Å². The summed E-state index contributed by atoms with van der Waals surface area (Å²) in [6.45, 7) is 4.33. The van der Waals surface area contributed by atoms with Gasteiger partial charge in [-0.2, -0.15) is 0 Å². The van der Waals surface area contributed by atoms with E-state index in [9.17, 15) is 0 Å². The molecule has 0 aliphatic rings. The maximum atomic E-state index is 3.49. The van der Waals surface area contributed by atoms with Crippen LogP contribution >= 0.6 is 0 Å². The predicted octanol–water partition coefficient (Wildman–Crippen LogP) is 4.18. The highest BCUT2D eigenvalue weighted by Crippen LogP contribution is 2.28. The van der Waals surface area contributed by atoms with Gasteiger partial charge in [0.1, 0.15) is 0 Å². The quantitative estimate of drug-likeness (QED) is 0.556. The molecule has 76 valence electrons. The van der Waals surface area contributed by atoms with Crippen LogP contribution in [0.1, 0.15) is 12.6 Å². The first-order chi connectivity index (χ1) is 7.27. The van der Waals surface area contributed by atoms with Crippen LogP contribution in [0.15, 0.2) is 36.4 Å². The number of fused-ring (bicyclic) bond motifs is 3. The van der Waals surface area contributed by atoms with E-state index in [1.54, 1.807) is 0 Å². The molecule has 1 heteroatoms. The van der Waals surface area contributed by atoms with Crippen LogP contribution in [0.3, 0.4) is 0 Å². The van der Waals surface area contributed by atoms with Gasteiger partial charge in [0.15, 0.2) is 0 Å². The lowest BCUT2D eigenvalue weighted by Gasteiger charge is -2.00. The predicted molar refractivity (Wildman–Crippen MR) is 67.4 cm³/mol. The van der Waals surface area contributed by atoms with Gasteiger partial charge in [-0.1, -0.05) is 30.3 Å². The van der Waals surface area contributed by atoms with Gasteiger partial charge >= 0.3 is 0 Å². The number of aryl methyl sites for hydroxylation is 2. The van der Waals surface area contributed by atoms with E-state index in [0.717, 1.165) is 0 Å². The third-order valence-corrected chi connectivity index (χ3v) is 3.21. The highest BCUT2D eigenvalue weighted by Gasteiger charge is 2.06. The molecule has 0 saturated heterocycles. The molecule has 3 aromatic rings. The molecule has 0 radical (unpaired) electrons. The van der Waals surface area contributed by atoms with Crippen LogP contribution < -0.4 is 0 Å². The van der Waals surface area contributed by atoms with Crippen LogP contribution in [0.5, 0.6) is 0 Å². The van der Waals surface area contributed by atoms with Crippen molar-refractivity contribution >= 4 is 21.8 Å². The Bertz CT molecular complexity index is 652. The summed E-state index contributed by atoms with van der Waals surface area (Å²) >= 11 is 0. The Morgan fingerprint density at radius 2 is 1.73 bits per heavy atom. The topological polar surface area (TPSA) is 15.8 Å². The van der Waals surface area contributed by atoms with Gasteiger partial charge in [-0.25, -0.2) is 0 Å². The normalized spacial score (nSPS) is 11.3. The van der Waals surface area contributed by atoms with Gasteiger partial charge in [0, 0.05) is 23.2 Å². The summed E-state index contributed by atoms with van der Waals surface area (Å²) in [5.74, 6) is 0. The Kier molecular flexibility index (Phi) is 1.63. The molecule has 3 rings (SSSR count). The molecular weight excluding hydrogens is 182 g/mol. The van der Waals surface area contributed by atoms with Crippen molar-refractivity contribution in [2.75, 3.05) is 0 Å². The van der Waals surface area contributed by atoms with Crippen molar-refractivity contribution < 1.29 is 1.43 Å². The van der Waals surface area contributed by atoms with E-state index in [1.807, 2.05) is 0 Å². The fraction of sp³-hybridized carbons (Fsp3) is 0.143. The average Bonchev–Trinajstić information content (AvgIpc) is 2.63. The fourth-order valence-electron chi connectivity index (χ4n) is 2.16. The number of para-hydroxylation sites is 1. The number of hydrogen-bond acceptors (Lipinski definition) is 0. The molecule has 0 unspecified atom stereocenters. The molecule has 0 aliphatic carbocycles. The van der Waals surface area contributed by atoms with Crippen molar-refractivity contribution in [2.45, 2.75) is 13.8 Å². The maximum Gasteiger partial charge on any atom is 0.0497 e. The van der Waals surface area contributed by atoms with E-state index < -0.39 is 0 Å². The second-order valence-electron chi connectivity index (χ2n) is 4.10. The summed E-state index contributed by atoms with van der Waals surface area (Å²) in [4.78, 5) is 3.49. The minimum atomic E-state index is 0.